The smallest absolute Gasteiger partial charge is 0.162 e. The quantitative estimate of drug-likeness (QED) is 0.0917. The molecule has 0 atom stereocenters. The van der Waals surface area contributed by atoms with Gasteiger partial charge < -0.3 is 14.5 Å². The van der Waals surface area contributed by atoms with Crippen LogP contribution in [0.4, 0.5) is 0 Å². The number of fused-ring (bicyclic) bond motifs is 5. The number of carbonyl (C=O) groups excluding carboxylic acids is 1. The number of allylic oxidation sites excluding steroid dienone is 2. The standard InChI is InChI=1S/C25H22NOS.C13H24O2.Ir/c1-15-12-20-22(28-15)9-8-18-17-6-5-7-19(23(17)27-24(18)20)21-13-16(10-11-26-21)14-25(2,3)4;1-5-10(6-2)12(14)9-13(15)11(7-3)8-4;/h5-6,8-13H,14H2,1-4H3;9-11,14H,5-8H2,1-4H3;/q-1;;/b;12-9-;/i14D2;;. The fraction of sp³-hybridized carbons (Fsp3) is 0.421. The molecular formula is C38H46IrNO3S-. The molecule has 5 rings (SSSR count). The number of aryl methyl sites for hydroxylation is 1. The van der Waals surface area contributed by atoms with Gasteiger partial charge in [0.15, 0.2) is 5.78 Å². The summed E-state index contributed by atoms with van der Waals surface area (Å²) in [4.78, 5) is 17.5. The molecule has 0 aliphatic rings. The van der Waals surface area contributed by atoms with Crippen molar-refractivity contribution in [3.63, 3.8) is 0 Å². The van der Waals surface area contributed by atoms with E-state index in [9.17, 15) is 9.90 Å². The summed E-state index contributed by atoms with van der Waals surface area (Å²) in [7, 11) is 0. The van der Waals surface area contributed by atoms with E-state index >= 15 is 0 Å². The molecule has 0 spiro atoms. The van der Waals surface area contributed by atoms with Crippen molar-refractivity contribution in [2.45, 2.75) is 87.4 Å². The third-order valence-electron chi connectivity index (χ3n) is 7.84. The van der Waals surface area contributed by atoms with E-state index in [1.165, 1.54) is 15.7 Å². The summed E-state index contributed by atoms with van der Waals surface area (Å²) in [5.41, 5.74) is 3.12. The van der Waals surface area contributed by atoms with E-state index in [4.69, 9.17) is 7.16 Å². The van der Waals surface area contributed by atoms with Gasteiger partial charge in [0.1, 0.15) is 5.58 Å². The molecule has 237 valence electrons. The maximum atomic E-state index is 11.7. The fourth-order valence-corrected chi connectivity index (χ4v) is 6.41. The number of rotatable bonds is 9. The second-order valence-corrected chi connectivity index (χ2v) is 13.5. The molecule has 44 heavy (non-hydrogen) atoms. The summed E-state index contributed by atoms with van der Waals surface area (Å²) in [6, 6.07) is 17.2. The molecule has 1 N–H and O–H groups in total. The van der Waals surface area contributed by atoms with Gasteiger partial charge in [0.05, 0.1) is 11.3 Å². The molecule has 6 heteroatoms. The van der Waals surface area contributed by atoms with Crippen LogP contribution in [-0.2, 0) is 31.3 Å². The van der Waals surface area contributed by atoms with E-state index in [1.54, 1.807) is 23.6 Å². The molecule has 0 saturated carbocycles. The van der Waals surface area contributed by atoms with Gasteiger partial charge in [-0.15, -0.1) is 29.5 Å². The molecule has 0 fully saturated rings. The minimum atomic E-state index is -1.49. The molecule has 0 saturated heterocycles. The monoisotopic (exact) mass is 791 g/mol. The Hall–Kier alpha value is -2.79. The zero-order valence-corrected chi connectivity index (χ0v) is 30.3. The van der Waals surface area contributed by atoms with Crippen LogP contribution < -0.4 is 0 Å². The Bertz CT molecular complexity index is 1820. The number of nitrogens with zero attached hydrogens (tertiary/aromatic N) is 1. The van der Waals surface area contributed by atoms with Crippen LogP contribution in [0.2, 0.25) is 0 Å². The van der Waals surface area contributed by atoms with Crippen LogP contribution in [0.15, 0.2) is 64.9 Å². The molecule has 0 unspecified atom stereocenters. The van der Waals surface area contributed by atoms with E-state index in [1.807, 2.05) is 66.7 Å². The number of pyridine rings is 1. The van der Waals surface area contributed by atoms with Gasteiger partial charge in [0.2, 0.25) is 0 Å². The molecule has 1 radical (unpaired) electrons. The van der Waals surface area contributed by atoms with Crippen LogP contribution >= 0.6 is 11.3 Å². The van der Waals surface area contributed by atoms with Crippen LogP contribution in [-0.4, -0.2) is 15.9 Å². The zero-order chi connectivity index (χ0) is 33.1. The SMILES string of the molecule is CCC(CC)C(=O)/C=C(\O)C(CC)CC.[2H]C([2H])(c1ccnc(-c2[c-]ccc3c2oc2c4cc(C)sc4ccc32)c1)C(C)(C)C.[Ir]. The van der Waals surface area contributed by atoms with Crippen molar-refractivity contribution in [1.29, 1.82) is 0 Å². The van der Waals surface area contributed by atoms with Crippen LogP contribution in [0.3, 0.4) is 0 Å². The summed E-state index contributed by atoms with van der Waals surface area (Å²) < 4.78 is 24.9. The van der Waals surface area contributed by atoms with Gasteiger partial charge >= 0.3 is 0 Å². The van der Waals surface area contributed by atoms with E-state index in [2.05, 4.69) is 36.2 Å². The molecule has 3 aromatic heterocycles. The van der Waals surface area contributed by atoms with Gasteiger partial charge in [-0.3, -0.25) is 4.79 Å². The summed E-state index contributed by atoms with van der Waals surface area (Å²) in [5, 5.41) is 13.0. The largest absolute Gasteiger partial charge is 0.512 e. The fourth-order valence-electron chi connectivity index (χ4n) is 5.49. The Balaban J connectivity index is 0.000000309. The number of ketones is 1. The Morgan fingerprint density at radius 3 is 2.30 bits per heavy atom. The molecule has 2 aromatic carbocycles. The average molecular weight is 791 g/mol. The van der Waals surface area contributed by atoms with Gasteiger partial charge in [-0.25, -0.2) is 0 Å². The van der Waals surface area contributed by atoms with Gasteiger partial charge in [0.25, 0.3) is 0 Å². The molecular weight excluding hydrogens is 743 g/mol. The van der Waals surface area contributed by atoms with Crippen LogP contribution in [0.5, 0.6) is 0 Å². The second kappa shape index (κ2) is 15.5. The number of aromatic nitrogens is 1. The second-order valence-electron chi connectivity index (χ2n) is 12.2. The van der Waals surface area contributed by atoms with E-state index in [0.29, 0.717) is 11.3 Å². The molecule has 5 aromatic rings. The van der Waals surface area contributed by atoms with Crippen LogP contribution in [0.25, 0.3) is 43.3 Å². The van der Waals surface area contributed by atoms with Gasteiger partial charge in [-0.05, 0) is 68.3 Å². The maximum absolute atomic E-state index is 11.7. The Kier molecular flexibility index (Phi) is 11.5. The predicted molar refractivity (Wildman–Crippen MR) is 183 cm³/mol. The summed E-state index contributed by atoms with van der Waals surface area (Å²) in [5.74, 6) is 0.547. The molecule has 0 aliphatic carbocycles. The topological polar surface area (TPSA) is 63.3 Å². The Labute approximate surface area is 283 Å². The number of carbonyl (C=O) groups is 1. The normalized spacial score (nSPS) is 13.2. The number of hydrogen-bond donors (Lipinski definition) is 1. The Morgan fingerprint density at radius 2 is 1.66 bits per heavy atom. The van der Waals surface area contributed by atoms with E-state index < -0.39 is 11.8 Å². The van der Waals surface area contributed by atoms with Crippen LogP contribution in [0, 0.1) is 30.2 Å². The molecule has 0 amide bonds. The van der Waals surface area contributed by atoms with Crippen LogP contribution in [0.1, 0.15) is 87.3 Å². The van der Waals surface area contributed by atoms with Crippen molar-refractivity contribution in [2.75, 3.05) is 0 Å². The first-order chi connectivity index (χ1) is 21.3. The van der Waals surface area contributed by atoms with Crippen molar-refractivity contribution >= 4 is 49.1 Å². The van der Waals surface area contributed by atoms with E-state index in [0.717, 1.165) is 58.6 Å². The van der Waals surface area contributed by atoms with Gasteiger partial charge in [0, 0.05) is 67.3 Å². The minimum Gasteiger partial charge on any atom is -0.512 e. The van der Waals surface area contributed by atoms with Crippen molar-refractivity contribution in [1.82, 2.24) is 4.98 Å². The molecule has 4 nitrogen and oxygen atoms in total. The summed E-state index contributed by atoms with van der Waals surface area (Å²) in [6.07, 6.45) is 5.08. The molecule has 3 heterocycles. The first kappa shape index (κ1) is 32.6. The average Bonchev–Trinajstić information content (AvgIpc) is 3.58. The number of aliphatic hydroxyl groups excluding tert-OH is 1. The zero-order valence-electron chi connectivity index (χ0n) is 29.1. The third-order valence-corrected chi connectivity index (χ3v) is 8.85. The predicted octanol–water partition coefficient (Wildman–Crippen LogP) is 11.4. The number of benzene rings is 2. The van der Waals surface area contributed by atoms with Gasteiger partial charge in [-0.2, -0.15) is 0 Å². The minimum absolute atomic E-state index is 0. The van der Waals surface area contributed by atoms with Crippen molar-refractivity contribution in [2.24, 2.45) is 17.3 Å². The Morgan fingerprint density at radius 1 is 1.00 bits per heavy atom. The third kappa shape index (κ3) is 8.27. The molecule has 0 aliphatic heterocycles. The number of furan rings is 1. The number of hydrogen-bond acceptors (Lipinski definition) is 5. The number of thiophene rings is 1. The van der Waals surface area contributed by atoms with Crippen molar-refractivity contribution in [3.8, 4) is 11.3 Å². The first-order valence-electron chi connectivity index (χ1n) is 16.4. The van der Waals surface area contributed by atoms with Gasteiger partial charge in [-0.1, -0.05) is 77.1 Å². The number of aliphatic hydroxyl groups is 1. The maximum Gasteiger partial charge on any atom is 0.162 e. The first-order valence-corrected chi connectivity index (χ1v) is 16.3. The summed E-state index contributed by atoms with van der Waals surface area (Å²) >= 11 is 1.76. The van der Waals surface area contributed by atoms with Crippen molar-refractivity contribution in [3.05, 3.63) is 77.0 Å². The molecule has 0 bridgehead atoms. The van der Waals surface area contributed by atoms with E-state index in [-0.39, 0.29) is 43.5 Å². The summed E-state index contributed by atoms with van der Waals surface area (Å²) in [6.45, 7) is 15.9. The van der Waals surface area contributed by atoms with Crippen molar-refractivity contribution < 1.29 is 37.2 Å².